The maximum absolute atomic E-state index is 9.41. The molecule has 1 aliphatic rings. The molecule has 3 rings (SSSR count). The highest BCUT2D eigenvalue weighted by Crippen LogP contribution is 2.33. The number of hydrogen-bond acceptors (Lipinski definition) is 4. The molecule has 0 spiro atoms. The van der Waals surface area contributed by atoms with E-state index in [0.717, 1.165) is 16.8 Å². The second-order valence-corrected chi connectivity index (χ2v) is 4.96. The van der Waals surface area contributed by atoms with Gasteiger partial charge in [-0.15, -0.1) is 0 Å². The Balaban J connectivity index is 2.01. The second kappa shape index (κ2) is 4.89. The van der Waals surface area contributed by atoms with Crippen molar-refractivity contribution in [2.24, 2.45) is 10.7 Å². The number of aliphatic imine (C=N–C) groups is 1. The number of benzene rings is 2. The quantitative estimate of drug-likeness (QED) is 0.879. The van der Waals surface area contributed by atoms with E-state index in [-0.39, 0.29) is 11.8 Å². The van der Waals surface area contributed by atoms with Gasteiger partial charge in [0.25, 0.3) is 0 Å². The number of guanidine groups is 1. The third-order valence-electron chi connectivity index (χ3n) is 3.64. The first-order chi connectivity index (χ1) is 9.66. The molecule has 0 saturated carbocycles. The Morgan fingerprint density at radius 1 is 1.15 bits per heavy atom. The van der Waals surface area contributed by atoms with Gasteiger partial charge in [-0.05, 0) is 36.2 Å². The summed E-state index contributed by atoms with van der Waals surface area (Å²) in [7, 11) is 0. The Morgan fingerprint density at radius 2 is 1.85 bits per heavy atom. The first-order valence-electron chi connectivity index (χ1n) is 6.60. The molecule has 1 aliphatic heterocycles. The van der Waals surface area contributed by atoms with E-state index in [4.69, 9.17) is 5.73 Å². The topological polar surface area (TPSA) is 61.8 Å². The van der Waals surface area contributed by atoms with E-state index in [1.807, 2.05) is 24.3 Å². The summed E-state index contributed by atoms with van der Waals surface area (Å²) in [4.78, 5) is 6.43. The Morgan fingerprint density at radius 3 is 2.55 bits per heavy atom. The van der Waals surface area contributed by atoms with Gasteiger partial charge in [-0.2, -0.15) is 0 Å². The van der Waals surface area contributed by atoms with Crippen molar-refractivity contribution in [2.45, 2.75) is 13.0 Å². The summed E-state index contributed by atoms with van der Waals surface area (Å²) in [5.41, 5.74) is 9.39. The van der Waals surface area contributed by atoms with Gasteiger partial charge >= 0.3 is 0 Å². The fourth-order valence-electron chi connectivity index (χ4n) is 2.57. The minimum atomic E-state index is 0.0803. The highest BCUT2D eigenvalue weighted by Gasteiger charge is 2.29. The minimum absolute atomic E-state index is 0.0803. The van der Waals surface area contributed by atoms with Gasteiger partial charge in [-0.3, -0.25) is 4.99 Å². The molecule has 4 heteroatoms. The van der Waals surface area contributed by atoms with Crippen LogP contribution < -0.4 is 10.6 Å². The van der Waals surface area contributed by atoms with E-state index in [0.29, 0.717) is 12.5 Å². The van der Waals surface area contributed by atoms with Gasteiger partial charge < -0.3 is 15.7 Å². The Labute approximate surface area is 118 Å². The number of phenols is 1. The van der Waals surface area contributed by atoms with Gasteiger partial charge in [-0.1, -0.05) is 30.3 Å². The number of hydrogen-bond donors (Lipinski definition) is 2. The molecule has 4 nitrogen and oxygen atoms in total. The molecule has 0 amide bonds. The van der Waals surface area contributed by atoms with Crippen LogP contribution in [-0.4, -0.2) is 17.6 Å². The zero-order valence-corrected chi connectivity index (χ0v) is 11.3. The van der Waals surface area contributed by atoms with Crippen molar-refractivity contribution in [3.8, 4) is 5.75 Å². The van der Waals surface area contributed by atoms with Crippen LogP contribution in [0.2, 0.25) is 0 Å². The van der Waals surface area contributed by atoms with Gasteiger partial charge in [0.2, 0.25) is 0 Å². The zero-order valence-electron chi connectivity index (χ0n) is 11.3. The highest BCUT2D eigenvalue weighted by molar-refractivity contribution is 5.98. The fraction of sp³-hybridized carbons (Fsp3) is 0.188. The van der Waals surface area contributed by atoms with Gasteiger partial charge in [-0.25, -0.2) is 0 Å². The molecule has 0 radical (unpaired) electrons. The summed E-state index contributed by atoms with van der Waals surface area (Å²) in [6, 6.07) is 15.4. The van der Waals surface area contributed by atoms with Crippen molar-refractivity contribution in [1.82, 2.24) is 0 Å². The standard InChI is InChI=1S/C16H17N3O/c1-11-4-2-3-5-14(11)19-15(10-18-16(19)17)12-6-8-13(20)9-7-12/h2-9,15,20H,10H2,1H3,(H2,17,18). The lowest BCUT2D eigenvalue weighted by molar-refractivity contribution is 0.475. The van der Waals surface area contributed by atoms with Crippen LogP contribution in [0.1, 0.15) is 17.2 Å². The minimum Gasteiger partial charge on any atom is -0.508 e. The number of rotatable bonds is 2. The van der Waals surface area contributed by atoms with E-state index in [9.17, 15) is 5.11 Å². The number of para-hydroxylation sites is 1. The molecule has 1 unspecified atom stereocenters. The zero-order chi connectivity index (χ0) is 14.1. The molecular weight excluding hydrogens is 250 g/mol. The lowest BCUT2D eigenvalue weighted by Crippen LogP contribution is -2.36. The van der Waals surface area contributed by atoms with Crippen LogP contribution in [0.15, 0.2) is 53.5 Å². The largest absolute Gasteiger partial charge is 0.508 e. The second-order valence-electron chi connectivity index (χ2n) is 4.96. The first-order valence-corrected chi connectivity index (χ1v) is 6.60. The third-order valence-corrected chi connectivity index (χ3v) is 3.64. The summed E-state index contributed by atoms with van der Waals surface area (Å²) >= 11 is 0. The molecule has 1 atom stereocenters. The number of nitrogens with two attached hydrogens (primary N) is 1. The van der Waals surface area contributed by atoms with Crippen molar-refractivity contribution >= 4 is 11.6 Å². The fourth-order valence-corrected chi connectivity index (χ4v) is 2.57. The number of nitrogens with zero attached hydrogens (tertiary/aromatic N) is 2. The average Bonchev–Trinajstić information content (AvgIpc) is 2.82. The van der Waals surface area contributed by atoms with Crippen LogP contribution in [0.25, 0.3) is 0 Å². The first kappa shape index (κ1) is 12.5. The van der Waals surface area contributed by atoms with Crippen molar-refractivity contribution in [3.63, 3.8) is 0 Å². The van der Waals surface area contributed by atoms with Crippen molar-refractivity contribution in [2.75, 3.05) is 11.4 Å². The number of aryl methyl sites for hydroxylation is 1. The summed E-state index contributed by atoms with van der Waals surface area (Å²) in [5, 5.41) is 9.41. The van der Waals surface area contributed by atoms with Crippen LogP contribution in [0.3, 0.4) is 0 Å². The number of anilines is 1. The highest BCUT2D eigenvalue weighted by atomic mass is 16.3. The van der Waals surface area contributed by atoms with Crippen LogP contribution in [-0.2, 0) is 0 Å². The van der Waals surface area contributed by atoms with Gasteiger partial charge in [0, 0.05) is 5.69 Å². The predicted molar refractivity (Wildman–Crippen MR) is 81.0 cm³/mol. The molecule has 1 heterocycles. The summed E-state index contributed by atoms with van der Waals surface area (Å²) in [6.07, 6.45) is 0. The monoisotopic (exact) mass is 267 g/mol. The molecule has 2 aromatic rings. The molecule has 3 N–H and O–H groups in total. The van der Waals surface area contributed by atoms with E-state index < -0.39 is 0 Å². The average molecular weight is 267 g/mol. The predicted octanol–water partition coefficient (Wildman–Crippen LogP) is 2.58. The van der Waals surface area contributed by atoms with Crippen molar-refractivity contribution in [3.05, 3.63) is 59.7 Å². The Kier molecular flexibility index (Phi) is 3.06. The maximum atomic E-state index is 9.41. The summed E-state index contributed by atoms with van der Waals surface area (Å²) < 4.78 is 0. The molecule has 0 fully saturated rings. The molecule has 2 aromatic carbocycles. The third kappa shape index (κ3) is 2.09. The lowest BCUT2D eigenvalue weighted by atomic mass is 10.0. The molecular formula is C16H17N3O. The Hall–Kier alpha value is -2.49. The van der Waals surface area contributed by atoms with E-state index >= 15 is 0 Å². The smallest absolute Gasteiger partial charge is 0.196 e. The molecule has 0 saturated heterocycles. The normalized spacial score (nSPS) is 18.1. The van der Waals surface area contributed by atoms with E-state index in [2.05, 4.69) is 28.9 Å². The molecule has 0 aliphatic carbocycles. The van der Waals surface area contributed by atoms with Gasteiger partial charge in [0.05, 0.1) is 12.6 Å². The number of phenolic OH excluding ortho intramolecular Hbond substituents is 1. The van der Waals surface area contributed by atoms with Crippen molar-refractivity contribution < 1.29 is 5.11 Å². The number of aromatic hydroxyl groups is 1. The summed E-state index contributed by atoms with van der Waals surface area (Å²) in [5.74, 6) is 0.806. The van der Waals surface area contributed by atoms with Crippen LogP contribution >= 0.6 is 0 Å². The SMILES string of the molecule is Cc1ccccc1N1C(N)=NCC1c1ccc(O)cc1. The van der Waals surface area contributed by atoms with Gasteiger partial charge in [0.1, 0.15) is 5.75 Å². The lowest BCUT2D eigenvalue weighted by Gasteiger charge is -2.28. The van der Waals surface area contributed by atoms with Crippen LogP contribution in [0, 0.1) is 6.92 Å². The summed E-state index contributed by atoms with van der Waals surface area (Å²) in [6.45, 7) is 2.69. The van der Waals surface area contributed by atoms with Crippen LogP contribution in [0.5, 0.6) is 5.75 Å². The molecule has 20 heavy (non-hydrogen) atoms. The van der Waals surface area contributed by atoms with E-state index in [1.165, 1.54) is 0 Å². The Bertz CT molecular complexity index is 649. The van der Waals surface area contributed by atoms with Gasteiger partial charge in [0.15, 0.2) is 5.96 Å². The molecule has 0 bridgehead atoms. The van der Waals surface area contributed by atoms with Crippen LogP contribution in [0.4, 0.5) is 5.69 Å². The maximum Gasteiger partial charge on any atom is 0.196 e. The molecule has 102 valence electrons. The van der Waals surface area contributed by atoms with Crippen molar-refractivity contribution in [1.29, 1.82) is 0 Å². The molecule has 0 aromatic heterocycles. The van der Waals surface area contributed by atoms with E-state index in [1.54, 1.807) is 12.1 Å².